The molecule has 20 heavy (non-hydrogen) atoms. The van der Waals surface area contributed by atoms with Gasteiger partial charge >= 0.3 is 5.97 Å². The Kier molecular flexibility index (Phi) is 4.31. The Morgan fingerprint density at radius 1 is 1.40 bits per heavy atom. The third-order valence-electron chi connectivity index (χ3n) is 2.54. The maximum atomic E-state index is 11.9. The normalized spacial score (nSPS) is 11.8. The lowest BCUT2D eigenvalue weighted by molar-refractivity contribution is -0.139. The maximum absolute atomic E-state index is 11.9. The molecule has 7 nitrogen and oxygen atoms in total. The predicted molar refractivity (Wildman–Crippen MR) is 70.4 cm³/mol. The summed E-state index contributed by atoms with van der Waals surface area (Å²) in [6, 6.07) is 1.86. The van der Waals surface area contributed by atoms with Crippen LogP contribution in [-0.2, 0) is 11.2 Å². The number of amides is 1. The predicted octanol–water partition coefficient (Wildman–Crippen LogP) is 0.884. The van der Waals surface area contributed by atoms with E-state index in [1.807, 2.05) is 0 Å². The van der Waals surface area contributed by atoms with E-state index in [9.17, 15) is 9.59 Å². The van der Waals surface area contributed by atoms with Gasteiger partial charge < -0.3 is 15.4 Å². The Morgan fingerprint density at radius 3 is 2.75 bits per heavy atom. The summed E-state index contributed by atoms with van der Waals surface area (Å²) in [5.74, 6) is -1.71. The molecular weight excluding hydrogens is 284 g/mol. The van der Waals surface area contributed by atoms with E-state index in [4.69, 9.17) is 16.7 Å². The first-order valence-corrected chi connectivity index (χ1v) is 6.06. The molecule has 2 aromatic rings. The first kappa shape index (κ1) is 14.0. The Bertz CT molecular complexity index is 598. The van der Waals surface area contributed by atoms with Gasteiger partial charge in [-0.15, -0.1) is 0 Å². The highest BCUT2D eigenvalue weighted by Gasteiger charge is 2.22. The lowest BCUT2D eigenvalue weighted by atomic mass is 10.1. The second-order valence-corrected chi connectivity index (χ2v) is 4.44. The first-order valence-electron chi connectivity index (χ1n) is 5.68. The van der Waals surface area contributed by atoms with E-state index in [1.54, 1.807) is 0 Å². The quantitative estimate of drug-likeness (QED) is 0.759. The molecule has 0 spiro atoms. The molecule has 8 heteroatoms. The van der Waals surface area contributed by atoms with Crippen LogP contribution in [0.2, 0.25) is 5.02 Å². The number of carbonyl (C=O) groups is 2. The summed E-state index contributed by atoms with van der Waals surface area (Å²) in [5.41, 5.74) is 0.715. The number of aromatic amines is 1. The van der Waals surface area contributed by atoms with Crippen LogP contribution in [0.15, 0.2) is 30.9 Å². The number of rotatable bonds is 5. The van der Waals surface area contributed by atoms with Crippen LogP contribution in [0.3, 0.4) is 0 Å². The third-order valence-corrected chi connectivity index (χ3v) is 2.77. The number of H-pyrrole nitrogens is 1. The number of hydrogen-bond donors (Lipinski definition) is 3. The van der Waals surface area contributed by atoms with Gasteiger partial charge in [0.2, 0.25) is 0 Å². The van der Waals surface area contributed by atoms with E-state index in [1.165, 1.54) is 30.9 Å². The van der Waals surface area contributed by atoms with Gasteiger partial charge in [-0.05, 0) is 12.1 Å². The number of nitrogens with one attached hydrogen (secondary N) is 2. The van der Waals surface area contributed by atoms with Gasteiger partial charge in [0.25, 0.3) is 5.91 Å². The summed E-state index contributed by atoms with van der Waals surface area (Å²) in [6.07, 6.45) is 4.37. The summed E-state index contributed by atoms with van der Waals surface area (Å²) in [4.78, 5) is 33.5. The molecule has 2 aromatic heterocycles. The molecule has 0 radical (unpaired) electrons. The molecule has 1 unspecified atom stereocenters. The highest BCUT2D eigenvalue weighted by molar-refractivity contribution is 6.30. The second-order valence-electron chi connectivity index (χ2n) is 4.01. The third kappa shape index (κ3) is 3.55. The molecule has 0 aliphatic heterocycles. The monoisotopic (exact) mass is 294 g/mol. The van der Waals surface area contributed by atoms with Crippen molar-refractivity contribution in [1.82, 2.24) is 20.3 Å². The minimum absolute atomic E-state index is 0.102. The van der Waals surface area contributed by atoms with Gasteiger partial charge in [-0.25, -0.2) is 14.8 Å². The SMILES string of the molecule is O=C(NC(Cc1cnc[nH]1)C(=O)O)c1ccc(Cl)cn1. The zero-order valence-corrected chi connectivity index (χ0v) is 11.0. The van der Waals surface area contributed by atoms with E-state index >= 15 is 0 Å². The van der Waals surface area contributed by atoms with Gasteiger partial charge in [0.1, 0.15) is 11.7 Å². The average molecular weight is 295 g/mol. The zero-order valence-electron chi connectivity index (χ0n) is 10.2. The minimum atomic E-state index is -1.14. The highest BCUT2D eigenvalue weighted by atomic mass is 35.5. The molecule has 0 aliphatic carbocycles. The van der Waals surface area contributed by atoms with Crippen LogP contribution >= 0.6 is 11.6 Å². The number of carboxylic acid groups (broad SMARTS) is 1. The Morgan fingerprint density at radius 2 is 2.20 bits per heavy atom. The lowest BCUT2D eigenvalue weighted by Gasteiger charge is -2.13. The summed E-state index contributed by atoms with van der Waals surface area (Å²) < 4.78 is 0. The average Bonchev–Trinajstić information content (AvgIpc) is 2.91. The zero-order chi connectivity index (χ0) is 14.5. The number of nitrogens with zero attached hydrogens (tertiary/aromatic N) is 2. The second kappa shape index (κ2) is 6.16. The van der Waals surface area contributed by atoms with Crippen LogP contribution in [0.5, 0.6) is 0 Å². The smallest absolute Gasteiger partial charge is 0.326 e. The summed E-state index contributed by atoms with van der Waals surface area (Å²) in [7, 11) is 0. The number of carboxylic acids is 1. The van der Waals surface area contributed by atoms with Gasteiger partial charge in [-0.1, -0.05) is 11.6 Å². The van der Waals surface area contributed by atoms with E-state index in [0.29, 0.717) is 10.7 Å². The van der Waals surface area contributed by atoms with E-state index in [-0.39, 0.29) is 12.1 Å². The molecule has 0 saturated heterocycles. The van der Waals surface area contributed by atoms with Crippen LogP contribution in [0, 0.1) is 0 Å². The van der Waals surface area contributed by atoms with Crippen molar-refractivity contribution < 1.29 is 14.7 Å². The van der Waals surface area contributed by atoms with Gasteiger partial charge in [0.05, 0.1) is 11.3 Å². The number of hydrogen-bond acceptors (Lipinski definition) is 4. The molecule has 3 N–H and O–H groups in total. The fourth-order valence-corrected chi connectivity index (χ4v) is 1.67. The topological polar surface area (TPSA) is 108 Å². The largest absolute Gasteiger partial charge is 0.480 e. The molecule has 0 bridgehead atoms. The Labute approximate surface area is 119 Å². The number of imidazole rings is 1. The molecule has 2 heterocycles. The van der Waals surface area contributed by atoms with Crippen LogP contribution in [-0.4, -0.2) is 38.0 Å². The fourth-order valence-electron chi connectivity index (χ4n) is 1.56. The van der Waals surface area contributed by atoms with Gasteiger partial charge in [-0.3, -0.25) is 4.79 Å². The van der Waals surface area contributed by atoms with Crippen molar-refractivity contribution in [2.24, 2.45) is 0 Å². The number of pyridine rings is 1. The van der Waals surface area contributed by atoms with Crippen molar-refractivity contribution in [1.29, 1.82) is 0 Å². The van der Waals surface area contributed by atoms with Crippen molar-refractivity contribution in [3.8, 4) is 0 Å². The number of aromatic nitrogens is 3. The minimum Gasteiger partial charge on any atom is -0.480 e. The summed E-state index contributed by atoms with van der Waals surface area (Å²) in [5, 5.41) is 11.9. The fraction of sp³-hybridized carbons (Fsp3) is 0.167. The number of aliphatic carboxylic acids is 1. The Balaban J connectivity index is 2.06. The van der Waals surface area contributed by atoms with Crippen molar-refractivity contribution in [2.45, 2.75) is 12.5 Å². The molecule has 2 rings (SSSR count). The molecule has 0 saturated carbocycles. The van der Waals surface area contributed by atoms with Crippen molar-refractivity contribution in [2.75, 3.05) is 0 Å². The molecular formula is C12H11ClN4O3. The van der Waals surface area contributed by atoms with E-state index in [0.717, 1.165) is 0 Å². The van der Waals surface area contributed by atoms with Crippen LogP contribution in [0.4, 0.5) is 0 Å². The maximum Gasteiger partial charge on any atom is 0.326 e. The van der Waals surface area contributed by atoms with E-state index < -0.39 is 17.9 Å². The van der Waals surface area contributed by atoms with Gasteiger partial charge in [0, 0.05) is 24.5 Å². The summed E-state index contributed by atoms with van der Waals surface area (Å²) >= 11 is 5.67. The van der Waals surface area contributed by atoms with Crippen LogP contribution in [0.25, 0.3) is 0 Å². The molecule has 0 aromatic carbocycles. The van der Waals surface area contributed by atoms with E-state index in [2.05, 4.69) is 20.3 Å². The van der Waals surface area contributed by atoms with Gasteiger partial charge in [-0.2, -0.15) is 0 Å². The number of carbonyl (C=O) groups excluding carboxylic acids is 1. The standard InChI is InChI=1S/C12H11ClN4O3/c13-7-1-2-9(15-4-7)11(18)17-10(12(19)20)3-8-5-14-6-16-8/h1-2,4-6,10H,3H2,(H,14,16)(H,17,18)(H,19,20). The lowest BCUT2D eigenvalue weighted by Crippen LogP contribution is -2.42. The highest BCUT2D eigenvalue weighted by Crippen LogP contribution is 2.07. The van der Waals surface area contributed by atoms with Crippen molar-refractivity contribution in [3.05, 3.63) is 47.3 Å². The van der Waals surface area contributed by atoms with Crippen molar-refractivity contribution in [3.63, 3.8) is 0 Å². The molecule has 1 amide bonds. The Hall–Kier alpha value is -2.41. The van der Waals surface area contributed by atoms with Crippen molar-refractivity contribution >= 4 is 23.5 Å². The first-order chi connectivity index (χ1) is 9.56. The molecule has 0 aliphatic rings. The van der Waals surface area contributed by atoms with Crippen LogP contribution < -0.4 is 5.32 Å². The molecule has 1 atom stereocenters. The van der Waals surface area contributed by atoms with Gasteiger partial charge in [0.15, 0.2) is 0 Å². The molecule has 104 valence electrons. The summed E-state index contributed by atoms with van der Waals surface area (Å²) in [6.45, 7) is 0. The van der Waals surface area contributed by atoms with Crippen LogP contribution in [0.1, 0.15) is 16.2 Å². The molecule has 0 fully saturated rings. The number of halogens is 1.